The Morgan fingerprint density at radius 2 is 1.76 bits per heavy atom. The molecule has 0 aliphatic carbocycles. The van der Waals surface area contributed by atoms with Gasteiger partial charge in [0.1, 0.15) is 0 Å². The van der Waals surface area contributed by atoms with Gasteiger partial charge in [0.25, 0.3) is 11.6 Å². The van der Waals surface area contributed by atoms with Gasteiger partial charge in [-0.2, -0.15) is 5.10 Å². The number of carbonyl (C=O) groups is 1. The highest BCUT2D eigenvalue weighted by Crippen LogP contribution is 2.26. The number of nitrogens with zero attached hydrogens (tertiary/aromatic N) is 3. The average molecular weight is 386 g/mol. The molecule has 1 aromatic heterocycles. The standard InChI is InChI=1S/C22H18N4O3/c1-14-21(23-22(27)18-8-5-9-20(13-18)26(28)29)15(2)25(24-14)19-11-10-16-6-3-4-7-17(16)12-19/h3-13H,1-2H3,(H,23,27). The van der Waals surface area contributed by atoms with Gasteiger partial charge in [0.2, 0.25) is 0 Å². The molecule has 0 saturated carbocycles. The molecule has 0 radical (unpaired) electrons. The monoisotopic (exact) mass is 386 g/mol. The largest absolute Gasteiger partial charge is 0.319 e. The van der Waals surface area contributed by atoms with Crippen molar-refractivity contribution < 1.29 is 9.72 Å². The Hall–Kier alpha value is -4.00. The molecule has 0 atom stereocenters. The first-order chi connectivity index (χ1) is 13.9. The van der Waals surface area contributed by atoms with Gasteiger partial charge in [-0.15, -0.1) is 0 Å². The Kier molecular flexibility index (Phi) is 4.56. The number of non-ortho nitro benzene ring substituents is 1. The van der Waals surface area contributed by atoms with Crippen molar-refractivity contribution in [2.45, 2.75) is 13.8 Å². The summed E-state index contributed by atoms with van der Waals surface area (Å²) in [6.07, 6.45) is 0. The minimum Gasteiger partial charge on any atom is -0.319 e. The number of nitro groups is 1. The fraction of sp³-hybridized carbons (Fsp3) is 0.0909. The van der Waals surface area contributed by atoms with E-state index < -0.39 is 10.8 Å². The fourth-order valence-corrected chi connectivity index (χ4v) is 3.33. The zero-order chi connectivity index (χ0) is 20.5. The number of benzene rings is 3. The average Bonchev–Trinajstić information content (AvgIpc) is 3.01. The minimum atomic E-state index is -0.523. The van der Waals surface area contributed by atoms with E-state index in [4.69, 9.17) is 0 Å². The van der Waals surface area contributed by atoms with Crippen LogP contribution in [0.4, 0.5) is 11.4 Å². The second-order valence-electron chi connectivity index (χ2n) is 6.75. The molecule has 7 heteroatoms. The van der Waals surface area contributed by atoms with Gasteiger partial charge >= 0.3 is 0 Å². The van der Waals surface area contributed by atoms with Crippen LogP contribution in [0.3, 0.4) is 0 Å². The first-order valence-corrected chi connectivity index (χ1v) is 9.05. The number of anilines is 1. The number of rotatable bonds is 4. The Balaban J connectivity index is 1.67. The predicted octanol–water partition coefficient (Wildman–Crippen LogP) is 4.80. The van der Waals surface area contributed by atoms with E-state index in [1.807, 2.05) is 56.3 Å². The minimum absolute atomic E-state index is 0.127. The SMILES string of the molecule is Cc1nn(-c2ccc3ccccc3c2)c(C)c1NC(=O)c1cccc([N+](=O)[O-])c1. The van der Waals surface area contributed by atoms with Crippen molar-refractivity contribution in [3.63, 3.8) is 0 Å². The lowest BCUT2D eigenvalue weighted by Gasteiger charge is -2.08. The molecule has 0 spiro atoms. The van der Waals surface area contributed by atoms with E-state index >= 15 is 0 Å². The maximum absolute atomic E-state index is 12.6. The molecule has 1 heterocycles. The molecule has 4 aromatic rings. The van der Waals surface area contributed by atoms with E-state index in [0.29, 0.717) is 11.4 Å². The number of fused-ring (bicyclic) bond motifs is 1. The first-order valence-electron chi connectivity index (χ1n) is 9.05. The summed E-state index contributed by atoms with van der Waals surface area (Å²) in [4.78, 5) is 23.1. The molecular formula is C22H18N4O3. The number of nitrogens with one attached hydrogen (secondary N) is 1. The fourth-order valence-electron chi connectivity index (χ4n) is 3.33. The molecule has 1 N–H and O–H groups in total. The molecule has 7 nitrogen and oxygen atoms in total. The van der Waals surface area contributed by atoms with Crippen LogP contribution in [-0.2, 0) is 0 Å². The zero-order valence-corrected chi connectivity index (χ0v) is 15.9. The van der Waals surface area contributed by atoms with Crippen LogP contribution in [0.2, 0.25) is 0 Å². The van der Waals surface area contributed by atoms with Crippen molar-refractivity contribution in [1.82, 2.24) is 9.78 Å². The zero-order valence-electron chi connectivity index (χ0n) is 15.9. The smallest absolute Gasteiger partial charge is 0.270 e. The predicted molar refractivity (Wildman–Crippen MR) is 112 cm³/mol. The molecule has 0 aliphatic heterocycles. The van der Waals surface area contributed by atoms with Crippen LogP contribution in [0, 0.1) is 24.0 Å². The highest BCUT2D eigenvalue weighted by molar-refractivity contribution is 6.05. The van der Waals surface area contributed by atoms with E-state index in [2.05, 4.69) is 10.4 Å². The Morgan fingerprint density at radius 3 is 2.52 bits per heavy atom. The molecule has 0 aliphatic rings. The number of hydrogen-bond acceptors (Lipinski definition) is 4. The van der Waals surface area contributed by atoms with E-state index in [0.717, 1.165) is 22.2 Å². The lowest BCUT2D eigenvalue weighted by molar-refractivity contribution is -0.384. The molecule has 0 fully saturated rings. The van der Waals surface area contributed by atoms with Gasteiger partial charge in [0.05, 0.1) is 27.7 Å². The third-order valence-corrected chi connectivity index (χ3v) is 4.83. The van der Waals surface area contributed by atoms with Gasteiger partial charge in [-0.25, -0.2) is 4.68 Å². The summed E-state index contributed by atoms with van der Waals surface area (Å²) < 4.78 is 1.78. The normalized spacial score (nSPS) is 10.8. The van der Waals surface area contributed by atoms with Crippen LogP contribution in [0.5, 0.6) is 0 Å². The Bertz CT molecular complexity index is 1260. The van der Waals surface area contributed by atoms with E-state index in [1.54, 1.807) is 10.7 Å². The van der Waals surface area contributed by atoms with Gasteiger partial charge < -0.3 is 5.32 Å². The van der Waals surface area contributed by atoms with Crippen molar-refractivity contribution in [2.75, 3.05) is 5.32 Å². The van der Waals surface area contributed by atoms with E-state index in [9.17, 15) is 14.9 Å². The number of amides is 1. The quantitative estimate of drug-likeness (QED) is 0.403. The number of aromatic nitrogens is 2. The Labute approximate surface area is 166 Å². The van der Waals surface area contributed by atoms with Crippen LogP contribution in [0.15, 0.2) is 66.7 Å². The van der Waals surface area contributed by atoms with Gasteiger partial charge in [0, 0.05) is 17.7 Å². The topological polar surface area (TPSA) is 90.1 Å². The highest BCUT2D eigenvalue weighted by Gasteiger charge is 2.18. The summed E-state index contributed by atoms with van der Waals surface area (Å²) in [5.41, 5.74) is 3.01. The molecule has 3 aromatic carbocycles. The van der Waals surface area contributed by atoms with Crippen molar-refractivity contribution in [1.29, 1.82) is 0 Å². The number of nitro benzene ring substituents is 1. The van der Waals surface area contributed by atoms with E-state index in [1.165, 1.54) is 18.2 Å². The van der Waals surface area contributed by atoms with Crippen LogP contribution in [0.1, 0.15) is 21.7 Å². The summed E-state index contributed by atoms with van der Waals surface area (Å²) in [6.45, 7) is 3.69. The Morgan fingerprint density at radius 1 is 1.00 bits per heavy atom. The summed E-state index contributed by atoms with van der Waals surface area (Å²) in [5.74, 6) is -0.419. The van der Waals surface area contributed by atoms with Crippen molar-refractivity contribution in [3.05, 3.63) is 93.8 Å². The van der Waals surface area contributed by atoms with Crippen LogP contribution in [0.25, 0.3) is 16.5 Å². The maximum Gasteiger partial charge on any atom is 0.270 e. The molecule has 144 valence electrons. The van der Waals surface area contributed by atoms with Gasteiger partial charge in [-0.05, 0) is 42.8 Å². The first kappa shape index (κ1) is 18.4. The van der Waals surface area contributed by atoms with Crippen LogP contribution in [-0.4, -0.2) is 20.6 Å². The third kappa shape index (κ3) is 3.45. The van der Waals surface area contributed by atoms with Gasteiger partial charge in [0.15, 0.2) is 0 Å². The molecule has 4 rings (SSSR count). The van der Waals surface area contributed by atoms with Crippen LogP contribution < -0.4 is 5.32 Å². The molecule has 0 saturated heterocycles. The summed E-state index contributed by atoms with van der Waals surface area (Å²) in [7, 11) is 0. The van der Waals surface area contributed by atoms with Gasteiger partial charge in [-0.1, -0.05) is 36.4 Å². The lowest BCUT2D eigenvalue weighted by atomic mass is 10.1. The lowest BCUT2D eigenvalue weighted by Crippen LogP contribution is -2.13. The molecule has 0 bridgehead atoms. The van der Waals surface area contributed by atoms with Crippen molar-refractivity contribution >= 4 is 28.1 Å². The molecule has 29 heavy (non-hydrogen) atoms. The number of carbonyl (C=O) groups excluding carboxylic acids is 1. The van der Waals surface area contributed by atoms with Gasteiger partial charge in [-0.3, -0.25) is 14.9 Å². The molecular weight excluding hydrogens is 368 g/mol. The maximum atomic E-state index is 12.6. The molecule has 1 amide bonds. The summed E-state index contributed by atoms with van der Waals surface area (Å²) in [6, 6.07) is 19.8. The van der Waals surface area contributed by atoms with Crippen LogP contribution >= 0.6 is 0 Å². The highest BCUT2D eigenvalue weighted by atomic mass is 16.6. The van der Waals surface area contributed by atoms with Crippen molar-refractivity contribution in [2.24, 2.45) is 0 Å². The van der Waals surface area contributed by atoms with Crippen molar-refractivity contribution in [3.8, 4) is 5.69 Å². The summed E-state index contributed by atoms with van der Waals surface area (Å²) >= 11 is 0. The second-order valence-corrected chi connectivity index (χ2v) is 6.75. The molecule has 0 unspecified atom stereocenters. The van der Waals surface area contributed by atoms with E-state index in [-0.39, 0.29) is 11.3 Å². The number of hydrogen-bond donors (Lipinski definition) is 1. The number of aryl methyl sites for hydroxylation is 1. The second kappa shape index (κ2) is 7.20. The summed E-state index contributed by atoms with van der Waals surface area (Å²) in [5, 5.41) is 20.6. The third-order valence-electron chi connectivity index (χ3n) is 4.83.